The second-order valence-corrected chi connectivity index (χ2v) is 9.00. The zero-order chi connectivity index (χ0) is 24.3. The Morgan fingerprint density at radius 2 is 1.76 bits per heavy atom. The summed E-state index contributed by atoms with van der Waals surface area (Å²) in [6.07, 6.45) is 5.50. The van der Waals surface area contributed by atoms with Crippen LogP contribution in [0.25, 0.3) is 11.0 Å². The lowest BCUT2D eigenvalue weighted by atomic mass is 10.1. The van der Waals surface area contributed by atoms with Crippen LogP contribution in [-0.4, -0.2) is 45.9 Å². The van der Waals surface area contributed by atoms with E-state index in [1.165, 1.54) is 0 Å². The molecule has 0 aliphatic carbocycles. The van der Waals surface area contributed by atoms with Crippen molar-refractivity contribution in [2.45, 2.75) is 58.9 Å². The second-order valence-electron chi connectivity index (χ2n) is 8.56. The fourth-order valence-electron chi connectivity index (χ4n) is 4.15. The quantitative estimate of drug-likeness (QED) is 0.328. The third-order valence-electron chi connectivity index (χ3n) is 5.82. The summed E-state index contributed by atoms with van der Waals surface area (Å²) in [4.78, 5) is 32.0. The van der Waals surface area contributed by atoms with E-state index < -0.39 is 0 Å². The van der Waals surface area contributed by atoms with Crippen molar-refractivity contribution in [1.29, 1.82) is 0 Å². The summed E-state index contributed by atoms with van der Waals surface area (Å²) in [6.45, 7) is 6.72. The number of carbonyl (C=O) groups excluding carboxylic acids is 2. The lowest BCUT2D eigenvalue weighted by Gasteiger charge is -2.22. The van der Waals surface area contributed by atoms with Gasteiger partial charge in [-0.15, -0.1) is 0 Å². The number of aromatic nitrogens is 2. The maximum absolute atomic E-state index is 13.0. The van der Waals surface area contributed by atoms with Gasteiger partial charge in [0.05, 0.1) is 11.0 Å². The van der Waals surface area contributed by atoms with Crippen molar-refractivity contribution in [1.82, 2.24) is 19.8 Å². The number of imidazole rings is 1. The van der Waals surface area contributed by atoms with Crippen LogP contribution < -0.4 is 5.32 Å². The SMILES string of the molecule is CCCN(CCC)C(=O)Cn1c(CCCCCNC(=O)c2cccc(Cl)c2)nc2ccccc21. The fourth-order valence-corrected chi connectivity index (χ4v) is 4.34. The Hall–Kier alpha value is -2.86. The Labute approximate surface area is 207 Å². The Morgan fingerprint density at radius 3 is 2.50 bits per heavy atom. The van der Waals surface area contributed by atoms with Crippen molar-refractivity contribution in [3.63, 3.8) is 0 Å². The van der Waals surface area contributed by atoms with Crippen LogP contribution in [0.2, 0.25) is 5.02 Å². The smallest absolute Gasteiger partial charge is 0.251 e. The van der Waals surface area contributed by atoms with Crippen molar-refractivity contribution in [2.24, 2.45) is 0 Å². The molecule has 0 atom stereocenters. The highest BCUT2D eigenvalue weighted by molar-refractivity contribution is 6.30. The summed E-state index contributed by atoms with van der Waals surface area (Å²) < 4.78 is 2.08. The zero-order valence-electron chi connectivity index (χ0n) is 20.2. The van der Waals surface area contributed by atoms with E-state index in [1.54, 1.807) is 24.3 Å². The molecule has 7 heteroatoms. The van der Waals surface area contributed by atoms with Gasteiger partial charge in [0.25, 0.3) is 5.91 Å². The number of rotatable bonds is 13. The van der Waals surface area contributed by atoms with Gasteiger partial charge in [0.15, 0.2) is 0 Å². The molecule has 0 saturated carbocycles. The van der Waals surface area contributed by atoms with E-state index in [0.717, 1.165) is 68.5 Å². The van der Waals surface area contributed by atoms with Gasteiger partial charge in [-0.1, -0.05) is 50.1 Å². The van der Waals surface area contributed by atoms with Gasteiger partial charge in [-0.25, -0.2) is 4.98 Å². The predicted molar refractivity (Wildman–Crippen MR) is 138 cm³/mol. The number of nitrogens with one attached hydrogen (secondary N) is 1. The lowest BCUT2D eigenvalue weighted by Crippen LogP contribution is -2.35. The van der Waals surface area contributed by atoms with Gasteiger partial charge in [-0.05, 0) is 56.0 Å². The maximum Gasteiger partial charge on any atom is 0.251 e. The summed E-state index contributed by atoms with van der Waals surface area (Å²) in [5.41, 5.74) is 2.51. The summed E-state index contributed by atoms with van der Waals surface area (Å²) in [6, 6.07) is 15.0. The predicted octanol–water partition coefficient (Wildman–Crippen LogP) is 5.48. The average molecular weight is 483 g/mol. The van der Waals surface area contributed by atoms with Gasteiger partial charge in [-0.3, -0.25) is 9.59 Å². The number of benzene rings is 2. The standard InChI is InChI=1S/C27H35ClN4O2/c1-3-17-31(18-4-2)26(33)20-32-24-14-8-7-13-23(24)30-25(32)15-6-5-9-16-29-27(34)21-11-10-12-22(28)19-21/h7-8,10-14,19H,3-6,9,15-18,20H2,1-2H3,(H,29,34). The molecule has 2 aromatic carbocycles. The Balaban J connectivity index is 1.55. The molecule has 2 amide bonds. The third kappa shape index (κ3) is 7.07. The van der Waals surface area contributed by atoms with Crippen molar-refractivity contribution >= 4 is 34.4 Å². The highest BCUT2D eigenvalue weighted by Gasteiger charge is 2.17. The third-order valence-corrected chi connectivity index (χ3v) is 6.05. The molecule has 3 rings (SSSR count). The first kappa shape index (κ1) is 25.8. The van der Waals surface area contributed by atoms with Crippen molar-refractivity contribution < 1.29 is 9.59 Å². The molecule has 1 heterocycles. The molecule has 1 aromatic heterocycles. The number of amides is 2. The number of aryl methyl sites for hydroxylation is 1. The van der Waals surface area contributed by atoms with Gasteiger partial charge in [0.1, 0.15) is 12.4 Å². The maximum atomic E-state index is 13.0. The number of fused-ring (bicyclic) bond motifs is 1. The highest BCUT2D eigenvalue weighted by atomic mass is 35.5. The molecular weight excluding hydrogens is 448 g/mol. The molecule has 6 nitrogen and oxygen atoms in total. The van der Waals surface area contributed by atoms with Crippen molar-refractivity contribution in [3.8, 4) is 0 Å². The van der Waals surface area contributed by atoms with Crippen LogP contribution in [0.5, 0.6) is 0 Å². The van der Waals surface area contributed by atoms with E-state index in [2.05, 4.69) is 23.7 Å². The number of hydrogen-bond donors (Lipinski definition) is 1. The lowest BCUT2D eigenvalue weighted by molar-refractivity contribution is -0.131. The minimum Gasteiger partial charge on any atom is -0.352 e. The van der Waals surface area contributed by atoms with Crippen molar-refractivity contribution in [3.05, 3.63) is 64.9 Å². The molecule has 0 radical (unpaired) electrons. The molecule has 0 aliphatic heterocycles. The second kappa shape index (κ2) is 13.1. The molecule has 1 N–H and O–H groups in total. The van der Waals surface area contributed by atoms with Gasteiger partial charge < -0.3 is 14.8 Å². The van der Waals surface area contributed by atoms with E-state index in [4.69, 9.17) is 16.6 Å². The minimum absolute atomic E-state index is 0.105. The van der Waals surface area contributed by atoms with Gasteiger partial charge in [-0.2, -0.15) is 0 Å². The molecule has 0 unspecified atom stereocenters. The highest BCUT2D eigenvalue weighted by Crippen LogP contribution is 2.18. The summed E-state index contributed by atoms with van der Waals surface area (Å²) in [5, 5.41) is 3.51. The monoisotopic (exact) mass is 482 g/mol. The van der Waals surface area contributed by atoms with E-state index >= 15 is 0 Å². The van der Waals surface area contributed by atoms with E-state index in [0.29, 0.717) is 23.7 Å². The zero-order valence-corrected chi connectivity index (χ0v) is 21.0. The summed E-state index contributed by atoms with van der Waals surface area (Å²) >= 11 is 5.96. The van der Waals surface area contributed by atoms with Crippen LogP contribution in [0.3, 0.4) is 0 Å². The molecule has 3 aromatic rings. The van der Waals surface area contributed by atoms with Gasteiger partial charge in [0, 0.05) is 36.6 Å². The molecule has 0 saturated heterocycles. The number of halogens is 1. The molecule has 0 fully saturated rings. The normalized spacial score (nSPS) is 11.0. The Morgan fingerprint density at radius 1 is 1.00 bits per heavy atom. The largest absolute Gasteiger partial charge is 0.352 e. The Bertz CT molecular complexity index is 1090. The van der Waals surface area contributed by atoms with Gasteiger partial charge >= 0.3 is 0 Å². The molecular formula is C27H35ClN4O2. The van der Waals surface area contributed by atoms with E-state index in [9.17, 15) is 9.59 Å². The topological polar surface area (TPSA) is 67.2 Å². The number of unbranched alkanes of at least 4 members (excludes halogenated alkanes) is 2. The summed E-state index contributed by atoms with van der Waals surface area (Å²) in [7, 11) is 0. The van der Waals surface area contributed by atoms with Crippen LogP contribution in [-0.2, 0) is 17.8 Å². The first-order valence-corrected chi connectivity index (χ1v) is 12.7. The van der Waals surface area contributed by atoms with Crippen LogP contribution in [0.4, 0.5) is 0 Å². The first-order valence-electron chi connectivity index (χ1n) is 12.3. The number of hydrogen-bond acceptors (Lipinski definition) is 3. The van der Waals surface area contributed by atoms with Crippen LogP contribution in [0.1, 0.15) is 62.1 Å². The number of nitrogens with zero attached hydrogens (tertiary/aromatic N) is 3. The van der Waals surface area contributed by atoms with E-state index in [1.807, 2.05) is 29.2 Å². The molecule has 34 heavy (non-hydrogen) atoms. The number of para-hydroxylation sites is 2. The molecule has 182 valence electrons. The number of carbonyl (C=O) groups is 2. The average Bonchev–Trinajstić information content (AvgIpc) is 3.18. The molecule has 0 spiro atoms. The van der Waals surface area contributed by atoms with E-state index in [-0.39, 0.29) is 11.8 Å². The van der Waals surface area contributed by atoms with Crippen molar-refractivity contribution in [2.75, 3.05) is 19.6 Å². The fraction of sp³-hybridized carbons (Fsp3) is 0.444. The summed E-state index contributed by atoms with van der Waals surface area (Å²) in [5.74, 6) is 0.994. The first-order chi connectivity index (χ1) is 16.5. The molecule has 0 bridgehead atoms. The Kier molecular flexibility index (Phi) is 9.95. The minimum atomic E-state index is -0.105. The van der Waals surface area contributed by atoms with Crippen LogP contribution in [0.15, 0.2) is 48.5 Å². The molecule has 0 aliphatic rings. The van der Waals surface area contributed by atoms with Crippen LogP contribution in [0, 0.1) is 0 Å². The van der Waals surface area contributed by atoms with Crippen LogP contribution >= 0.6 is 11.6 Å². The van der Waals surface area contributed by atoms with Gasteiger partial charge in [0.2, 0.25) is 5.91 Å².